The fourth-order valence-corrected chi connectivity index (χ4v) is 2.24. The Labute approximate surface area is 128 Å². The van der Waals surface area contributed by atoms with Crippen LogP contribution in [0.25, 0.3) is 0 Å². The van der Waals surface area contributed by atoms with E-state index in [0.29, 0.717) is 0 Å². The van der Waals surface area contributed by atoms with Crippen molar-refractivity contribution in [1.29, 1.82) is 0 Å². The van der Waals surface area contributed by atoms with Gasteiger partial charge in [-0.2, -0.15) is 0 Å². The molecule has 1 saturated heterocycles. The molecule has 0 unspecified atom stereocenters. The molecular weight excluding hydrogens is 264 g/mol. The minimum Gasteiger partial charge on any atom is -0.393 e. The van der Waals surface area contributed by atoms with Crippen LogP contribution >= 0.6 is 0 Å². The van der Waals surface area contributed by atoms with Crippen LogP contribution in [0, 0.1) is 0 Å². The molecular formula is C17H28N2O2. The standard InChI is InChI=1S/C9H10O.C8H18N2O/c1-2-8-3-5-9(7-10)6-4-8;1-9-4-7-10-5-2-8(11)3-6-10/h3-7H,2H2,1H3;8-9,11H,2-7H2,1H3. The highest BCUT2D eigenvalue weighted by atomic mass is 16.3. The molecule has 0 amide bonds. The number of nitrogens with one attached hydrogen (secondary N) is 1. The fourth-order valence-electron chi connectivity index (χ4n) is 2.24. The van der Waals surface area contributed by atoms with Crippen molar-refractivity contribution >= 4 is 6.29 Å². The predicted molar refractivity (Wildman–Crippen MR) is 86.8 cm³/mol. The van der Waals surface area contributed by atoms with Crippen LogP contribution in [0.4, 0.5) is 0 Å². The molecule has 2 N–H and O–H groups in total. The van der Waals surface area contributed by atoms with Crippen molar-refractivity contribution in [3.63, 3.8) is 0 Å². The summed E-state index contributed by atoms with van der Waals surface area (Å²) in [6.07, 6.45) is 3.74. The van der Waals surface area contributed by atoms with E-state index in [1.165, 1.54) is 5.56 Å². The molecule has 1 aromatic rings. The van der Waals surface area contributed by atoms with Crippen LogP contribution in [0.2, 0.25) is 0 Å². The van der Waals surface area contributed by atoms with Crippen LogP contribution in [-0.4, -0.2) is 55.6 Å². The molecule has 21 heavy (non-hydrogen) atoms. The lowest BCUT2D eigenvalue weighted by Crippen LogP contribution is -2.39. The van der Waals surface area contributed by atoms with E-state index in [0.717, 1.165) is 57.3 Å². The van der Waals surface area contributed by atoms with Gasteiger partial charge in [-0.25, -0.2) is 0 Å². The van der Waals surface area contributed by atoms with Crippen LogP contribution in [0.15, 0.2) is 24.3 Å². The van der Waals surface area contributed by atoms with Gasteiger partial charge in [0.1, 0.15) is 6.29 Å². The normalized spacial score (nSPS) is 16.1. The second kappa shape index (κ2) is 10.5. The lowest BCUT2D eigenvalue weighted by atomic mass is 10.1. The van der Waals surface area contributed by atoms with E-state index in [1.54, 1.807) is 0 Å². The molecule has 4 nitrogen and oxygen atoms in total. The maximum absolute atomic E-state index is 10.2. The van der Waals surface area contributed by atoms with E-state index in [1.807, 2.05) is 31.3 Å². The minimum absolute atomic E-state index is 0.0409. The SMILES string of the molecule is CCc1ccc(C=O)cc1.CNCCN1CCC(O)CC1. The third-order valence-electron chi connectivity index (χ3n) is 3.76. The first kappa shape index (κ1) is 17.8. The van der Waals surface area contributed by atoms with Crippen LogP contribution in [0.5, 0.6) is 0 Å². The molecule has 1 heterocycles. The number of piperidine rings is 1. The lowest BCUT2D eigenvalue weighted by Gasteiger charge is -2.29. The number of likely N-dealkylation sites (tertiary alicyclic amines) is 1. The number of benzene rings is 1. The molecule has 118 valence electrons. The van der Waals surface area contributed by atoms with Crippen LogP contribution < -0.4 is 5.32 Å². The number of hydrogen-bond acceptors (Lipinski definition) is 4. The first-order valence-electron chi connectivity index (χ1n) is 7.78. The van der Waals surface area contributed by atoms with E-state index in [-0.39, 0.29) is 6.10 Å². The van der Waals surface area contributed by atoms with Crippen molar-refractivity contribution in [2.24, 2.45) is 0 Å². The molecule has 0 saturated carbocycles. The van der Waals surface area contributed by atoms with Crippen molar-refractivity contribution in [1.82, 2.24) is 10.2 Å². The van der Waals surface area contributed by atoms with Crippen molar-refractivity contribution in [3.05, 3.63) is 35.4 Å². The first-order valence-corrected chi connectivity index (χ1v) is 7.78. The average molecular weight is 292 g/mol. The highest BCUT2D eigenvalue weighted by Gasteiger charge is 2.15. The summed E-state index contributed by atoms with van der Waals surface area (Å²) in [5.74, 6) is 0. The average Bonchev–Trinajstić information content (AvgIpc) is 2.55. The molecule has 0 spiro atoms. The zero-order valence-electron chi connectivity index (χ0n) is 13.2. The van der Waals surface area contributed by atoms with Crippen LogP contribution in [0.1, 0.15) is 35.7 Å². The van der Waals surface area contributed by atoms with E-state index < -0.39 is 0 Å². The fraction of sp³-hybridized carbons (Fsp3) is 0.588. The van der Waals surface area contributed by atoms with Gasteiger partial charge in [0.05, 0.1) is 6.10 Å². The number of hydrogen-bond donors (Lipinski definition) is 2. The van der Waals surface area contributed by atoms with Gasteiger partial charge in [0.15, 0.2) is 0 Å². The summed E-state index contributed by atoms with van der Waals surface area (Å²) in [4.78, 5) is 12.6. The first-order chi connectivity index (χ1) is 10.2. The Bertz CT molecular complexity index is 382. The summed E-state index contributed by atoms with van der Waals surface area (Å²) in [7, 11) is 1.97. The quantitative estimate of drug-likeness (QED) is 0.812. The van der Waals surface area contributed by atoms with E-state index in [2.05, 4.69) is 17.1 Å². The van der Waals surface area contributed by atoms with Gasteiger partial charge < -0.3 is 15.3 Å². The maximum atomic E-state index is 10.2. The molecule has 1 aliphatic rings. The Morgan fingerprint density at radius 3 is 2.38 bits per heavy atom. The van der Waals surface area contributed by atoms with Gasteiger partial charge in [-0.15, -0.1) is 0 Å². The summed E-state index contributed by atoms with van der Waals surface area (Å²) in [5, 5.41) is 12.3. The van der Waals surface area contributed by atoms with Crippen LogP contribution in [0.3, 0.4) is 0 Å². The number of aryl methyl sites for hydroxylation is 1. The minimum atomic E-state index is -0.0409. The molecule has 0 atom stereocenters. The summed E-state index contributed by atoms with van der Waals surface area (Å²) in [5.41, 5.74) is 2.02. The molecule has 1 aliphatic heterocycles. The number of aliphatic hydroxyl groups is 1. The number of nitrogens with zero attached hydrogens (tertiary/aromatic N) is 1. The molecule has 0 radical (unpaired) electrons. The Balaban J connectivity index is 0.000000211. The van der Waals surface area contributed by atoms with Gasteiger partial charge in [-0.3, -0.25) is 4.79 Å². The number of aldehydes is 1. The summed E-state index contributed by atoms with van der Waals surface area (Å²) >= 11 is 0. The zero-order chi connectivity index (χ0) is 15.5. The zero-order valence-corrected chi connectivity index (χ0v) is 13.2. The maximum Gasteiger partial charge on any atom is 0.150 e. The number of carbonyl (C=O) groups is 1. The Hall–Kier alpha value is -1.23. The number of rotatable bonds is 5. The molecule has 0 bridgehead atoms. The molecule has 1 fully saturated rings. The number of likely N-dealkylation sites (N-methyl/N-ethyl adjacent to an activating group) is 1. The van der Waals surface area contributed by atoms with Crippen molar-refractivity contribution in [3.8, 4) is 0 Å². The highest BCUT2D eigenvalue weighted by Crippen LogP contribution is 2.08. The van der Waals surface area contributed by atoms with E-state index >= 15 is 0 Å². The summed E-state index contributed by atoms with van der Waals surface area (Å²) in [6, 6.07) is 7.63. The smallest absolute Gasteiger partial charge is 0.150 e. The molecule has 4 heteroatoms. The monoisotopic (exact) mass is 292 g/mol. The van der Waals surface area contributed by atoms with Gasteiger partial charge in [-0.05, 0) is 31.9 Å². The third-order valence-corrected chi connectivity index (χ3v) is 3.76. The van der Waals surface area contributed by atoms with Gasteiger partial charge in [0.2, 0.25) is 0 Å². The molecule has 0 aliphatic carbocycles. The predicted octanol–water partition coefficient (Wildman–Crippen LogP) is 1.72. The van der Waals surface area contributed by atoms with E-state index in [9.17, 15) is 9.90 Å². The van der Waals surface area contributed by atoms with Crippen molar-refractivity contribution in [2.45, 2.75) is 32.3 Å². The van der Waals surface area contributed by atoms with Crippen molar-refractivity contribution in [2.75, 3.05) is 33.2 Å². The van der Waals surface area contributed by atoms with Crippen LogP contribution in [-0.2, 0) is 6.42 Å². The second-order valence-corrected chi connectivity index (χ2v) is 5.39. The molecule has 0 aromatic heterocycles. The number of carbonyl (C=O) groups excluding carboxylic acids is 1. The number of aliphatic hydroxyl groups excluding tert-OH is 1. The van der Waals surface area contributed by atoms with Gasteiger partial charge in [0, 0.05) is 31.7 Å². The Morgan fingerprint density at radius 2 is 1.90 bits per heavy atom. The van der Waals surface area contributed by atoms with Gasteiger partial charge in [-0.1, -0.05) is 31.2 Å². The van der Waals surface area contributed by atoms with Gasteiger partial charge >= 0.3 is 0 Å². The summed E-state index contributed by atoms with van der Waals surface area (Å²) < 4.78 is 0. The van der Waals surface area contributed by atoms with Gasteiger partial charge in [0.25, 0.3) is 0 Å². The summed E-state index contributed by atoms with van der Waals surface area (Å²) in [6.45, 7) is 6.38. The largest absolute Gasteiger partial charge is 0.393 e. The topological polar surface area (TPSA) is 52.6 Å². The Kier molecular flexibility index (Phi) is 8.90. The van der Waals surface area contributed by atoms with E-state index in [4.69, 9.17) is 0 Å². The molecule has 2 rings (SSSR count). The highest BCUT2D eigenvalue weighted by molar-refractivity contribution is 5.74. The van der Waals surface area contributed by atoms with Crippen molar-refractivity contribution < 1.29 is 9.90 Å². The molecule has 1 aromatic carbocycles. The lowest BCUT2D eigenvalue weighted by molar-refractivity contribution is 0.0833. The second-order valence-electron chi connectivity index (χ2n) is 5.39. The third kappa shape index (κ3) is 7.37. The Morgan fingerprint density at radius 1 is 1.29 bits per heavy atom.